The van der Waals surface area contributed by atoms with E-state index in [1.54, 1.807) is 15.3 Å². The molecule has 5 rings (SSSR count). The standard InChI is InChI=1S/C22H21N7O2/c1-4-11-31-16-7-5-15(6-8-16)17-12-20(30)23-22-21(17)13(2)26-29(22)19-10-9-18-25-24-14(3)28(18)27-19/h4-10,17H,1,11-12H2,2-3H3,(H,23,30)/t17-/m0/s1. The van der Waals surface area contributed by atoms with E-state index in [1.165, 1.54) is 0 Å². The Kier molecular flexibility index (Phi) is 4.50. The van der Waals surface area contributed by atoms with Gasteiger partial charge in [0.05, 0.1) is 5.69 Å². The number of aryl methyl sites for hydroxylation is 2. The summed E-state index contributed by atoms with van der Waals surface area (Å²) in [5.41, 5.74) is 3.51. The molecule has 9 nitrogen and oxygen atoms in total. The van der Waals surface area contributed by atoms with Crippen molar-refractivity contribution in [3.63, 3.8) is 0 Å². The van der Waals surface area contributed by atoms with Gasteiger partial charge < -0.3 is 10.1 Å². The number of anilines is 1. The van der Waals surface area contributed by atoms with Gasteiger partial charge in [-0.15, -0.1) is 15.3 Å². The topological polar surface area (TPSA) is 99.2 Å². The Morgan fingerprint density at radius 1 is 1.16 bits per heavy atom. The number of ether oxygens (including phenoxy) is 1. The number of rotatable bonds is 5. The molecule has 0 saturated carbocycles. The van der Waals surface area contributed by atoms with Crippen LogP contribution in [0.5, 0.6) is 5.75 Å². The summed E-state index contributed by atoms with van der Waals surface area (Å²) >= 11 is 0. The monoisotopic (exact) mass is 415 g/mol. The normalized spacial score (nSPS) is 15.5. The summed E-state index contributed by atoms with van der Waals surface area (Å²) in [6.07, 6.45) is 2.06. The summed E-state index contributed by atoms with van der Waals surface area (Å²) in [5.74, 6) is 2.49. The van der Waals surface area contributed by atoms with Crippen molar-refractivity contribution in [3.8, 4) is 11.6 Å². The summed E-state index contributed by atoms with van der Waals surface area (Å²) in [5, 5.41) is 20.4. The minimum Gasteiger partial charge on any atom is -0.490 e. The molecule has 0 radical (unpaired) electrons. The highest BCUT2D eigenvalue weighted by molar-refractivity contribution is 5.95. The predicted molar refractivity (Wildman–Crippen MR) is 115 cm³/mol. The molecule has 3 aromatic heterocycles. The first kappa shape index (κ1) is 19.0. The van der Waals surface area contributed by atoms with E-state index in [0.29, 0.717) is 36.1 Å². The van der Waals surface area contributed by atoms with E-state index in [1.807, 2.05) is 50.2 Å². The van der Waals surface area contributed by atoms with E-state index in [9.17, 15) is 4.79 Å². The Bertz CT molecular complexity index is 1300. The van der Waals surface area contributed by atoms with Crippen LogP contribution in [0.1, 0.15) is 35.0 Å². The molecular weight excluding hydrogens is 394 g/mol. The van der Waals surface area contributed by atoms with Gasteiger partial charge in [0.15, 0.2) is 17.3 Å². The van der Waals surface area contributed by atoms with E-state index in [2.05, 4.69) is 27.2 Å². The van der Waals surface area contributed by atoms with Crippen molar-refractivity contribution in [2.45, 2.75) is 26.2 Å². The molecular formula is C22H21N7O2. The molecule has 31 heavy (non-hydrogen) atoms. The molecule has 156 valence electrons. The van der Waals surface area contributed by atoms with Crippen LogP contribution in [0.2, 0.25) is 0 Å². The van der Waals surface area contributed by atoms with Crippen molar-refractivity contribution in [2.24, 2.45) is 0 Å². The zero-order chi connectivity index (χ0) is 21.5. The van der Waals surface area contributed by atoms with Crippen molar-refractivity contribution in [2.75, 3.05) is 11.9 Å². The molecule has 0 fully saturated rings. The highest BCUT2D eigenvalue weighted by Gasteiger charge is 2.33. The number of amides is 1. The molecule has 1 aliphatic rings. The molecule has 0 saturated heterocycles. The first-order valence-corrected chi connectivity index (χ1v) is 9.97. The van der Waals surface area contributed by atoms with Gasteiger partial charge in [-0.3, -0.25) is 4.79 Å². The Labute approximate surface area is 178 Å². The zero-order valence-electron chi connectivity index (χ0n) is 17.2. The molecule has 0 bridgehead atoms. The Balaban J connectivity index is 1.57. The van der Waals surface area contributed by atoms with Crippen LogP contribution in [0.4, 0.5) is 5.82 Å². The minimum absolute atomic E-state index is 0.0628. The smallest absolute Gasteiger partial charge is 0.226 e. The second-order valence-corrected chi connectivity index (χ2v) is 7.44. The molecule has 9 heteroatoms. The molecule has 4 heterocycles. The molecule has 1 aromatic carbocycles. The summed E-state index contributed by atoms with van der Waals surface area (Å²) in [6, 6.07) is 11.5. The Morgan fingerprint density at radius 3 is 2.74 bits per heavy atom. The summed E-state index contributed by atoms with van der Waals surface area (Å²) in [4.78, 5) is 12.6. The molecule has 0 aliphatic carbocycles. The third-order valence-electron chi connectivity index (χ3n) is 5.37. The van der Waals surface area contributed by atoms with Crippen molar-refractivity contribution in [1.29, 1.82) is 0 Å². The Morgan fingerprint density at radius 2 is 1.97 bits per heavy atom. The molecule has 1 amide bonds. The largest absolute Gasteiger partial charge is 0.490 e. The van der Waals surface area contributed by atoms with Gasteiger partial charge in [-0.05, 0) is 43.7 Å². The second-order valence-electron chi connectivity index (χ2n) is 7.44. The molecule has 1 atom stereocenters. The Hall–Kier alpha value is -4.01. The summed E-state index contributed by atoms with van der Waals surface area (Å²) in [7, 11) is 0. The zero-order valence-corrected chi connectivity index (χ0v) is 17.2. The van der Waals surface area contributed by atoms with Crippen LogP contribution < -0.4 is 10.1 Å². The fourth-order valence-corrected chi connectivity index (χ4v) is 3.95. The fraction of sp³-hybridized carbons (Fsp3) is 0.227. The first-order valence-electron chi connectivity index (χ1n) is 9.97. The van der Waals surface area contributed by atoms with Crippen LogP contribution in [0.15, 0.2) is 49.1 Å². The van der Waals surface area contributed by atoms with Crippen molar-refractivity contribution in [3.05, 3.63) is 71.7 Å². The maximum atomic E-state index is 12.6. The lowest BCUT2D eigenvalue weighted by atomic mass is 9.86. The highest BCUT2D eigenvalue weighted by Crippen LogP contribution is 2.40. The van der Waals surface area contributed by atoms with Crippen LogP contribution in [0, 0.1) is 13.8 Å². The van der Waals surface area contributed by atoms with Crippen molar-refractivity contribution in [1.82, 2.24) is 29.6 Å². The number of nitrogens with one attached hydrogen (secondary N) is 1. The SMILES string of the molecule is C=CCOc1ccc([C@@H]2CC(=O)Nc3c2c(C)nn3-c2ccc3nnc(C)n3n2)cc1. The number of aromatic nitrogens is 6. The number of carbonyl (C=O) groups is 1. The van der Waals surface area contributed by atoms with Gasteiger partial charge in [-0.2, -0.15) is 14.3 Å². The maximum absolute atomic E-state index is 12.6. The molecule has 0 unspecified atom stereocenters. The number of nitrogens with zero attached hydrogens (tertiary/aromatic N) is 6. The van der Waals surface area contributed by atoms with Gasteiger partial charge in [0.1, 0.15) is 18.2 Å². The molecule has 1 aliphatic heterocycles. The van der Waals surface area contributed by atoms with Crippen LogP contribution in [-0.2, 0) is 4.79 Å². The number of benzene rings is 1. The van der Waals surface area contributed by atoms with E-state index in [0.717, 1.165) is 22.6 Å². The molecule has 1 N–H and O–H groups in total. The second kappa shape index (κ2) is 7.35. The van der Waals surface area contributed by atoms with Crippen LogP contribution in [0.3, 0.4) is 0 Å². The number of fused-ring (bicyclic) bond motifs is 2. The van der Waals surface area contributed by atoms with Gasteiger partial charge >= 0.3 is 0 Å². The lowest BCUT2D eigenvalue weighted by molar-refractivity contribution is -0.116. The third-order valence-corrected chi connectivity index (χ3v) is 5.37. The average Bonchev–Trinajstić information content (AvgIpc) is 3.31. The number of hydrogen-bond acceptors (Lipinski definition) is 6. The van der Waals surface area contributed by atoms with Gasteiger partial charge in [0.2, 0.25) is 5.91 Å². The highest BCUT2D eigenvalue weighted by atomic mass is 16.5. The summed E-state index contributed by atoms with van der Waals surface area (Å²) in [6.45, 7) is 7.89. The van der Waals surface area contributed by atoms with E-state index >= 15 is 0 Å². The lowest BCUT2D eigenvalue weighted by Crippen LogP contribution is -2.25. The lowest BCUT2D eigenvalue weighted by Gasteiger charge is -2.24. The van der Waals surface area contributed by atoms with E-state index in [4.69, 9.17) is 9.84 Å². The quantitative estimate of drug-likeness (QED) is 0.503. The minimum atomic E-state index is -0.105. The van der Waals surface area contributed by atoms with Gasteiger partial charge in [-0.1, -0.05) is 24.8 Å². The van der Waals surface area contributed by atoms with Crippen LogP contribution >= 0.6 is 0 Å². The molecule has 4 aromatic rings. The van der Waals surface area contributed by atoms with Crippen LogP contribution in [0.25, 0.3) is 11.5 Å². The molecule has 0 spiro atoms. The first-order chi connectivity index (χ1) is 15.0. The van der Waals surface area contributed by atoms with Gasteiger partial charge in [0, 0.05) is 17.9 Å². The number of hydrogen-bond donors (Lipinski definition) is 1. The van der Waals surface area contributed by atoms with Crippen LogP contribution in [-0.4, -0.2) is 42.1 Å². The van der Waals surface area contributed by atoms with E-state index < -0.39 is 0 Å². The van der Waals surface area contributed by atoms with Crippen molar-refractivity contribution >= 4 is 17.4 Å². The van der Waals surface area contributed by atoms with E-state index in [-0.39, 0.29) is 11.8 Å². The van der Waals surface area contributed by atoms with Gasteiger partial charge in [0.25, 0.3) is 0 Å². The van der Waals surface area contributed by atoms with Gasteiger partial charge in [-0.25, -0.2) is 0 Å². The maximum Gasteiger partial charge on any atom is 0.226 e. The predicted octanol–water partition coefficient (Wildman–Crippen LogP) is 2.97. The fourth-order valence-electron chi connectivity index (χ4n) is 3.95. The third kappa shape index (κ3) is 3.24. The number of carbonyl (C=O) groups excluding carboxylic acids is 1. The van der Waals surface area contributed by atoms with Crippen molar-refractivity contribution < 1.29 is 9.53 Å². The average molecular weight is 415 g/mol. The summed E-state index contributed by atoms with van der Waals surface area (Å²) < 4.78 is 8.91.